The van der Waals surface area contributed by atoms with Crippen LogP contribution in [0.1, 0.15) is 72.6 Å². The van der Waals surface area contributed by atoms with E-state index in [-0.39, 0.29) is 46.3 Å². The van der Waals surface area contributed by atoms with Crippen LogP contribution in [0.3, 0.4) is 0 Å². The van der Waals surface area contributed by atoms with E-state index >= 15 is 0 Å². The van der Waals surface area contributed by atoms with E-state index in [4.69, 9.17) is 4.74 Å². The molecule has 0 unspecified atom stereocenters. The van der Waals surface area contributed by atoms with Gasteiger partial charge in [-0.1, -0.05) is 26.3 Å². The van der Waals surface area contributed by atoms with Gasteiger partial charge in [0, 0.05) is 16.7 Å². The number of carbonyl (C=O) groups excluding carboxylic acids is 3. The normalized spacial score (nSPS) is 44.2. The number of hydrogen-bond acceptors (Lipinski definition) is 6. The molecule has 0 heterocycles. The fourth-order valence-electron chi connectivity index (χ4n) is 8.12. The number of hydrogen-bond donors (Lipinski definition) is 1. The molecule has 5 aliphatic carbocycles. The van der Waals surface area contributed by atoms with Gasteiger partial charge in [0.2, 0.25) is 10.9 Å². The van der Waals surface area contributed by atoms with Crippen LogP contribution in [-0.2, 0) is 19.1 Å². The Kier molecular flexibility index (Phi) is 5.44. The van der Waals surface area contributed by atoms with Crippen molar-refractivity contribution in [3.8, 4) is 0 Å². The average Bonchev–Trinajstić information content (AvgIpc) is 3.48. The number of thioether (sulfide) groups is 1. The van der Waals surface area contributed by atoms with Crippen LogP contribution in [0.15, 0.2) is 23.5 Å². The molecule has 0 aromatic rings. The first-order valence-corrected chi connectivity index (χ1v) is 13.6. The highest BCUT2D eigenvalue weighted by Crippen LogP contribution is 2.70. The zero-order valence-electron chi connectivity index (χ0n) is 20.5. The molecule has 4 fully saturated rings. The molecule has 186 valence electrons. The second-order valence-corrected chi connectivity index (χ2v) is 13.0. The van der Waals surface area contributed by atoms with Gasteiger partial charge in [0.15, 0.2) is 11.4 Å². The number of esters is 1. The molecule has 0 aromatic carbocycles. The van der Waals surface area contributed by atoms with Crippen molar-refractivity contribution in [2.75, 3.05) is 6.01 Å². The maximum Gasteiger partial charge on any atom is 0.312 e. The second kappa shape index (κ2) is 7.68. The van der Waals surface area contributed by atoms with E-state index in [2.05, 4.69) is 13.8 Å². The summed E-state index contributed by atoms with van der Waals surface area (Å²) in [4.78, 5) is 38.9. The molecule has 5 aliphatic rings. The summed E-state index contributed by atoms with van der Waals surface area (Å²) in [5, 5.41) is 9.92. The molecule has 0 radical (unpaired) electrons. The maximum absolute atomic E-state index is 13.6. The van der Waals surface area contributed by atoms with Crippen molar-refractivity contribution in [1.82, 2.24) is 0 Å². The summed E-state index contributed by atoms with van der Waals surface area (Å²) in [5.74, 6) is -0.414. The molecule has 4 saturated carbocycles. The van der Waals surface area contributed by atoms with Gasteiger partial charge in [-0.25, -0.2) is 4.39 Å². The largest absolute Gasteiger partial charge is 0.504 e. The maximum atomic E-state index is 13.6. The number of alkyl halides is 1. The zero-order chi connectivity index (χ0) is 24.7. The summed E-state index contributed by atoms with van der Waals surface area (Å²) >= 11 is 0.634. The third-order valence-electron chi connectivity index (χ3n) is 10.4. The molecule has 5 rings (SSSR count). The molecule has 0 aromatic heterocycles. The van der Waals surface area contributed by atoms with Crippen LogP contribution >= 0.6 is 11.8 Å². The Bertz CT molecular complexity index is 1010. The number of ketones is 1. The highest BCUT2D eigenvalue weighted by Gasteiger charge is 2.72. The van der Waals surface area contributed by atoms with Gasteiger partial charge in [-0.05, 0) is 93.5 Å². The van der Waals surface area contributed by atoms with Crippen molar-refractivity contribution in [1.29, 1.82) is 0 Å². The van der Waals surface area contributed by atoms with Gasteiger partial charge < -0.3 is 9.84 Å². The Morgan fingerprint density at radius 2 is 1.88 bits per heavy atom. The highest BCUT2D eigenvalue weighted by atomic mass is 32.2. The third kappa shape index (κ3) is 3.07. The first kappa shape index (κ1) is 24.1. The van der Waals surface area contributed by atoms with Crippen LogP contribution in [0, 0.1) is 39.9 Å². The predicted molar refractivity (Wildman–Crippen MR) is 127 cm³/mol. The fraction of sp³-hybridized carbons (Fsp3) is 0.741. The number of aliphatic hydroxyl groups is 1. The van der Waals surface area contributed by atoms with Gasteiger partial charge in [-0.15, -0.1) is 0 Å². The molecule has 34 heavy (non-hydrogen) atoms. The Labute approximate surface area is 205 Å². The Balaban J connectivity index is 1.54. The lowest BCUT2D eigenvalue weighted by atomic mass is 9.47. The van der Waals surface area contributed by atoms with Crippen molar-refractivity contribution in [2.24, 2.45) is 39.9 Å². The van der Waals surface area contributed by atoms with E-state index in [0.717, 1.165) is 44.1 Å². The van der Waals surface area contributed by atoms with Crippen LogP contribution in [0.2, 0.25) is 0 Å². The highest BCUT2D eigenvalue weighted by molar-refractivity contribution is 8.13. The lowest BCUT2D eigenvalue weighted by molar-refractivity contribution is -0.194. The van der Waals surface area contributed by atoms with Gasteiger partial charge >= 0.3 is 5.97 Å². The summed E-state index contributed by atoms with van der Waals surface area (Å²) in [6.45, 7) is 8.07. The van der Waals surface area contributed by atoms with E-state index in [1.165, 1.54) is 0 Å². The first-order valence-electron chi connectivity index (χ1n) is 12.6. The summed E-state index contributed by atoms with van der Waals surface area (Å²) in [6, 6.07) is -0.834. The zero-order valence-corrected chi connectivity index (χ0v) is 21.3. The number of ether oxygens (including phenoxy) is 1. The Hall–Kier alpha value is -1.63. The van der Waals surface area contributed by atoms with E-state index in [1.807, 2.05) is 13.8 Å². The summed E-state index contributed by atoms with van der Waals surface area (Å²) in [6.07, 6.45) is 8.75. The van der Waals surface area contributed by atoms with Gasteiger partial charge in [0.1, 0.15) is 6.01 Å². The quantitative estimate of drug-likeness (QED) is 0.510. The Morgan fingerprint density at radius 3 is 2.53 bits per heavy atom. The fourth-order valence-corrected chi connectivity index (χ4v) is 8.91. The molecule has 0 bridgehead atoms. The number of rotatable bonds is 4. The van der Waals surface area contributed by atoms with E-state index in [0.29, 0.717) is 18.2 Å². The lowest BCUT2D eigenvalue weighted by Crippen LogP contribution is -2.60. The molecule has 7 heteroatoms. The van der Waals surface area contributed by atoms with E-state index < -0.39 is 27.9 Å². The SMILES string of the molecule is C[C@@H]1C[C@H]2[C@@H]3CCC4=CC(=O)C(O)=C[C@]4(C)[C@H]3CC[C@]2(C)[C@@]1(OC(=O)C1(C)CC1)C(=O)SCF. The second-order valence-electron chi connectivity index (χ2n) is 12.1. The van der Waals surface area contributed by atoms with Gasteiger partial charge in [-0.2, -0.15) is 0 Å². The molecule has 0 spiro atoms. The number of carbonyl (C=O) groups is 3. The molecule has 7 atom stereocenters. The van der Waals surface area contributed by atoms with Gasteiger partial charge in [0.05, 0.1) is 5.41 Å². The van der Waals surface area contributed by atoms with Crippen molar-refractivity contribution in [3.63, 3.8) is 0 Å². The van der Waals surface area contributed by atoms with Gasteiger partial charge in [-0.3, -0.25) is 14.4 Å². The van der Waals surface area contributed by atoms with Crippen LogP contribution in [-0.4, -0.2) is 33.6 Å². The van der Waals surface area contributed by atoms with E-state index in [1.54, 1.807) is 12.2 Å². The van der Waals surface area contributed by atoms with Crippen LogP contribution in [0.5, 0.6) is 0 Å². The molecule has 0 amide bonds. The number of halogens is 1. The minimum Gasteiger partial charge on any atom is -0.504 e. The minimum absolute atomic E-state index is 0.136. The van der Waals surface area contributed by atoms with Crippen LogP contribution in [0.4, 0.5) is 4.39 Å². The third-order valence-corrected chi connectivity index (χ3v) is 11.1. The smallest absolute Gasteiger partial charge is 0.312 e. The molecule has 5 nitrogen and oxygen atoms in total. The molecular formula is C27H35FO5S. The van der Waals surface area contributed by atoms with Crippen molar-refractivity contribution in [2.45, 2.75) is 78.2 Å². The number of fused-ring (bicyclic) bond motifs is 5. The first-order chi connectivity index (χ1) is 15.9. The van der Waals surface area contributed by atoms with Crippen LogP contribution in [0.25, 0.3) is 0 Å². The van der Waals surface area contributed by atoms with Crippen molar-refractivity contribution in [3.05, 3.63) is 23.5 Å². The summed E-state index contributed by atoms with van der Waals surface area (Å²) < 4.78 is 19.7. The molecule has 0 saturated heterocycles. The van der Waals surface area contributed by atoms with Crippen molar-refractivity contribution < 1.29 is 28.6 Å². The van der Waals surface area contributed by atoms with Gasteiger partial charge in [0.25, 0.3) is 0 Å². The standard InChI is InChI=1S/C27H35FO5S/c1-15-11-19-17-6-5-16-12-20(29)21(30)13-25(16,3)18(17)7-8-26(19,4)27(15,23(32)34-14-28)33-22(31)24(2)9-10-24/h12-13,15,17-19,30H,5-11,14H2,1-4H3/t15-,17-,18+,19+,25+,26+,27+/m1/s1. The monoisotopic (exact) mass is 490 g/mol. The predicted octanol–water partition coefficient (Wildman–Crippen LogP) is 5.69. The van der Waals surface area contributed by atoms with Crippen LogP contribution < -0.4 is 0 Å². The molecule has 1 N–H and O–H groups in total. The minimum atomic E-state index is -1.33. The summed E-state index contributed by atoms with van der Waals surface area (Å²) in [7, 11) is 0. The molecular weight excluding hydrogens is 455 g/mol. The summed E-state index contributed by atoms with van der Waals surface area (Å²) in [5.41, 5.74) is -1.77. The van der Waals surface area contributed by atoms with Crippen molar-refractivity contribution >= 4 is 28.6 Å². The lowest BCUT2D eigenvalue weighted by Gasteiger charge is -2.58. The Morgan fingerprint density at radius 1 is 1.18 bits per heavy atom. The number of allylic oxidation sites excluding steroid dienone is 3. The average molecular weight is 491 g/mol. The number of aliphatic hydroxyl groups excluding tert-OH is 1. The topological polar surface area (TPSA) is 80.7 Å². The molecule has 0 aliphatic heterocycles. The van der Waals surface area contributed by atoms with E-state index in [9.17, 15) is 23.9 Å².